The van der Waals surface area contributed by atoms with Crippen LogP contribution in [0.3, 0.4) is 0 Å². The zero-order chi connectivity index (χ0) is 14.0. The molecule has 0 heterocycles. The molecule has 0 aliphatic rings. The summed E-state index contributed by atoms with van der Waals surface area (Å²) in [6, 6.07) is 0.706. The van der Waals surface area contributed by atoms with Gasteiger partial charge in [-0.1, -0.05) is 0 Å². The van der Waals surface area contributed by atoms with E-state index in [9.17, 15) is 0 Å². The minimum atomic E-state index is 0.306. The molecule has 0 fully saturated rings. The maximum absolute atomic E-state index is 4.70. The predicted octanol–water partition coefficient (Wildman–Crippen LogP) is 2.69. The van der Waals surface area contributed by atoms with Crippen molar-refractivity contribution in [1.82, 2.24) is 10.2 Å². The highest BCUT2D eigenvalue weighted by atomic mass is 32.1. The fourth-order valence-corrected chi connectivity index (χ4v) is 1.84. The highest BCUT2D eigenvalue weighted by Gasteiger charge is 2.12. The van der Waals surface area contributed by atoms with Crippen LogP contribution in [-0.4, -0.2) is 47.5 Å². The molecule has 0 rings (SSSR count). The van der Waals surface area contributed by atoms with Crippen LogP contribution in [0.2, 0.25) is 0 Å². The lowest BCUT2D eigenvalue weighted by Gasteiger charge is -2.28. The number of nitrogens with one attached hydrogen (secondary N) is 1. The Morgan fingerprint density at radius 1 is 1.06 bits per heavy atom. The van der Waals surface area contributed by atoms with Gasteiger partial charge in [0.05, 0.1) is 0 Å². The molecule has 5 heteroatoms. The first-order chi connectivity index (χ1) is 8.51. The molecule has 0 radical (unpaired) electrons. The zero-order valence-electron chi connectivity index (χ0n) is 12.2. The van der Waals surface area contributed by atoms with E-state index in [0.29, 0.717) is 12.1 Å². The Kier molecular flexibility index (Phi) is 10.8. The molecule has 0 aliphatic carbocycles. The van der Waals surface area contributed by atoms with E-state index >= 15 is 0 Å². The Bertz CT molecular complexity index is 222. The summed E-state index contributed by atoms with van der Waals surface area (Å²) in [5, 5.41) is 3.46. The lowest BCUT2D eigenvalue weighted by Crippen LogP contribution is -2.46. The van der Waals surface area contributed by atoms with Crippen LogP contribution in [-0.2, 0) is 0 Å². The van der Waals surface area contributed by atoms with Gasteiger partial charge in [-0.05, 0) is 52.0 Å². The summed E-state index contributed by atoms with van der Waals surface area (Å²) in [6.45, 7) is 10.5. The monoisotopic (exact) mass is 291 g/mol. The summed E-state index contributed by atoms with van der Waals surface area (Å²) in [7, 11) is 0. The molecule has 3 nitrogen and oxygen atoms in total. The van der Waals surface area contributed by atoms with Gasteiger partial charge >= 0.3 is 0 Å². The molecule has 0 atom stereocenters. The predicted molar refractivity (Wildman–Crippen MR) is 89.4 cm³/mol. The number of rotatable bonds is 8. The summed E-state index contributed by atoms with van der Waals surface area (Å²) in [5.41, 5.74) is 0. The molecular formula is C13H29N3S2. The minimum absolute atomic E-state index is 0.306. The van der Waals surface area contributed by atoms with Gasteiger partial charge < -0.3 is 10.2 Å². The maximum Gasteiger partial charge on any atom is 0.194 e. The van der Waals surface area contributed by atoms with E-state index in [1.165, 1.54) is 0 Å². The molecule has 0 saturated carbocycles. The van der Waals surface area contributed by atoms with Crippen molar-refractivity contribution in [2.45, 2.75) is 52.6 Å². The van der Waals surface area contributed by atoms with Gasteiger partial charge in [0.15, 0.2) is 5.96 Å². The summed E-state index contributed by atoms with van der Waals surface area (Å²) in [5.74, 6) is 2.84. The fourth-order valence-electron chi connectivity index (χ4n) is 1.56. The van der Waals surface area contributed by atoms with Crippen molar-refractivity contribution in [2.24, 2.45) is 4.99 Å². The number of guanidine groups is 1. The van der Waals surface area contributed by atoms with E-state index in [1.807, 2.05) is 0 Å². The van der Waals surface area contributed by atoms with E-state index in [1.54, 1.807) is 0 Å². The second-order valence-corrected chi connectivity index (χ2v) is 5.88. The van der Waals surface area contributed by atoms with Crippen LogP contribution in [0.25, 0.3) is 0 Å². The van der Waals surface area contributed by atoms with Crippen molar-refractivity contribution in [3.8, 4) is 0 Å². The molecule has 1 N–H and O–H groups in total. The van der Waals surface area contributed by atoms with Crippen LogP contribution in [0, 0.1) is 0 Å². The third kappa shape index (κ3) is 8.97. The van der Waals surface area contributed by atoms with Crippen molar-refractivity contribution in [2.75, 3.05) is 24.6 Å². The molecule has 18 heavy (non-hydrogen) atoms. The fraction of sp³-hybridized carbons (Fsp3) is 0.923. The van der Waals surface area contributed by atoms with Crippen LogP contribution in [0.5, 0.6) is 0 Å². The highest BCUT2D eigenvalue weighted by molar-refractivity contribution is 7.80. The lowest BCUT2D eigenvalue weighted by molar-refractivity contribution is 0.396. The van der Waals surface area contributed by atoms with Gasteiger partial charge in [-0.25, -0.2) is 0 Å². The van der Waals surface area contributed by atoms with Crippen LogP contribution in [0.15, 0.2) is 4.99 Å². The molecule has 0 amide bonds. The first kappa shape index (κ1) is 18.0. The molecule has 0 spiro atoms. The normalized spacial score (nSPS) is 12.3. The molecule has 108 valence electrons. The van der Waals surface area contributed by atoms with Gasteiger partial charge in [-0.15, -0.1) is 0 Å². The first-order valence-electron chi connectivity index (χ1n) is 6.82. The van der Waals surface area contributed by atoms with E-state index in [2.05, 4.69) is 63.2 Å². The number of hydrogen-bond donors (Lipinski definition) is 3. The van der Waals surface area contributed by atoms with E-state index in [0.717, 1.165) is 43.4 Å². The molecule has 0 aromatic rings. The van der Waals surface area contributed by atoms with Crippen molar-refractivity contribution in [3.63, 3.8) is 0 Å². The second kappa shape index (κ2) is 10.9. The first-order valence-corrected chi connectivity index (χ1v) is 8.08. The van der Waals surface area contributed by atoms with E-state index < -0.39 is 0 Å². The van der Waals surface area contributed by atoms with Gasteiger partial charge in [-0.2, -0.15) is 25.3 Å². The van der Waals surface area contributed by atoms with Gasteiger partial charge in [0, 0.05) is 25.2 Å². The molecular weight excluding hydrogens is 262 g/mol. The molecule has 0 aliphatic heterocycles. The molecule has 0 bridgehead atoms. The molecule has 0 aromatic carbocycles. The van der Waals surface area contributed by atoms with Crippen LogP contribution in [0.4, 0.5) is 0 Å². The third-order valence-electron chi connectivity index (χ3n) is 2.27. The number of thiol groups is 2. The van der Waals surface area contributed by atoms with Gasteiger partial charge in [0.2, 0.25) is 0 Å². The summed E-state index contributed by atoms with van der Waals surface area (Å²) in [6.07, 6.45) is 2.15. The zero-order valence-corrected chi connectivity index (χ0v) is 14.0. The Morgan fingerprint density at radius 2 is 1.56 bits per heavy atom. The second-order valence-electron chi connectivity index (χ2n) is 4.99. The quantitative estimate of drug-likeness (QED) is 0.364. The van der Waals surface area contributed by atoms with Crippen molar-refractivity contribution >= 4 is 31.2 Å². The van der Waals surface area contributed by atoms with Crippen LogP contribution >= 0.6 is 25.3 Å². The Morgan fingerprint density at radius 3 is 1.89 bits per heavy atom. The smallest absolute Gasteiger partial charge is 0.194 e. The third-order valence-corrected chi connectivity index (χ3v) is 2.90. The largest absolute Gasteiger partial charge is 0.354 e. The topological polar surface area (TPSA) is 27.6 Å². The molecule has 0 saturated heterocycles. The Labute approximate surface area is 124 Å². The van der Waals surface area contributed by atoms with Crippen molar-refractivity contribution < 1.29 is 0 Å². The SMILES string of the molecule is CC(C)/N=C(/NC(C)C)N(CCCS)CCCS. The maximum atomic E-state index is 4.70. The summed E-state index contributed by atoms with van der Waals surface area (Å²) < 4.78 is 0. The Balaban J connectivity index is 4.70. The minimum Gasteiger partial charge on any atom is -0.354 e. The molecule has 0 aromatic heterocycles. The van der Waals surface area contributed by atoms with Crippen molar-refractivity contribution in [3.05, 3.63) is 0 Å². The highest BCUT2D eigenvalue weighted by Crippen LogP contribution is 2.01. The van der Waals surface area contributed by atoms with Crippen molar-refractivity contribution in [1.29, 1.82) is 0 Å². The van der Waals surface area contributed by atoms with E-state index in [-0.39, 0.29) is 0 Å². The van der Waals surface area contributed by atoms with E-state index in [4.69, 9.17) is 4.99 Å². The van der Waals surface area contributed by atoms with Crippen LogP contribution in [0.1, 0.15) is 40.5 Å². The number of aliphatic imine (C=N–C) groups is 1. The van der Waals surface area contributed by atoms with Crippen LogP contribution < -0.4 is 5.32 Å². The summed E-state index contributed by atoms with van der Waals surface area (Å²) >= 11 is 8.58. The average Bonchev–Trinajstić information content (AvgIpc) is 2.27. The number of hydrogen-bond acceptors (Lipinski definition) is 3. The number of nitrogens with zero attached hydrogens (tertiary/aromatic N) is 2. The Hall–Kier alpha value is -0.0300. The standard InChI is InChI=1S/C13H29N3S2/c1-11(2)14-13(15-12(3)4)16(7-5-9-17)8-6-10-18/h11-12,17-18H,5-10H2,1-4H3,(H,14,15). The van der Waals surface area contributed by atoms with Gasteiger partial charge in [-0.3, -0.25) is 4.99 Å². The lowest BCUT2D eigenvalue weighted by atomic mass is 10.3. The average molecular weight is 292 g/mol. The van der Waals surface area contributed by atoms with Gasteiger partial charge in [0.1, 0.15) is 0 Å². The molecule has 0 unspecified atom stereocenters. The summed E-state index contributed by atoms with van der Waals surface area (Å²) in [4.78, 5) is 7.03. The van der Waals surface area contributed by atoms with Gasteiger partial charge in [0.25, 0.3) is 0 Å².